The summed E-state index contributed by atoms with van der Waals surface area (Å²) in [5, 5.41) is 2.72. The lowest BCUT2D eigenvalue weighted by atomic mass is 9.71. The van der Waals surface area contributed by atoms with Gasteiger partial charge in [-0.1, -0.05) is 66.7 Å². The number of hydrogen-bond donors (Lipinski definition) is 0. The normalized spacial score (nSPS) is 21.3. The highest BCUT2D eigenvalue weighted by Crippen LogP contribution is 2.52. The Morgan fingerprint density at radius 2 is 1.27 bits per heavy atom. The Hall–Kier alpha value is -2.91. The summed E-state index contributed by atoms with van der Waals surface area (Å²) in [6.45, 7) is 0. The monoisotopic (exact) mass is 452 g/mol. The van der Waals surface area contributed by atoms with Crippen LogP contribution in [0.25, 0.3) is 21.8 Å². The van der Waals surface area contributed by atoms with Gasteiger partial charge in [-0.25, -0.2) is 0 Å². The number of nitrogens with zero attached hydrogens (tertiary/aromatic N) is 2. The standard InChI is InChI=1S/C27H21N2.BrH/c1-2-12-21-20(11-1)25-17-26(27(21)24-15-7-8-16-28(24)25)29-22-13-5-3-9-18(22)19-10-4-6-14-23(19)29;/h1-16,25-27H,17H2;1H/q+1;/p-1. The van der Waals surface area contributed by atoms with Crippen molar-refractivity contribution in [2.45, 2.75) is 24.4 Å². The van der Waals surface area contributed by atoms with Gasteiger partial charge in [0.05, 0.1) is 12.0 Å². The lowest BCUT2D eigenvalue weighted by Gasteiger charge is -2.41. The zero-order chi connectivity index (χ0) is 18.9. The average molecular weight is 453 g/mol. The molecule has 1 aliphatic carbocycles. The van der Waals surface area contributed by atoms with E-state index in [9.17, 15) is 0 Å². The van der Waals surface area contributed by atoms with Crippen molar-refractivity contribution in [1.29, 1.82) is 0 Å². The average Bonchev–Trinajstić information content (AvgIpc) is 3.13. The highest BCUT2D eigenvalue weighted by Gasteiger charge is 2.50. The molecule has 3 unspecified atom stereocenters. The summed E-state index contributed by atoms with van der Waals surface area (Å²) in [6.07, 6.45) is 3.40. The Morgan fingerprint density at radius 1 is 0.667 bits per heavy atom. The number of fused-ring (bicyclic) bond motifs is 4. The van der Waals surface area contributed by atoms with Gasteiger partial charge < -0.3 is 21.5 Å². The van der Waals surface area contributed by atoms with Crippen molar-refractivity contribution in [2.24, 2.45) is 0 Å². The molecule has 30 heavy (non-hydrogen) atoms. The molecule has 3 aromatic carbocycles. The van der Waals surface area contributed by atoms with E-state index in [4.69, 9.17) is 0 Å². The lowest BCUT2D eigenvalue weighted by Crippen LogP contribution is -3.00. The van der Waals surface area contributed by atoms with E-state index in [2.05, 4.69) is 106 Å². The van der Waals surface area contributed by atoms with E-state index in [1.165, 1.54) is 38.6 Å². The lowest BCUT2D eigenvalue weighted by molar-refractivity contribution is -0.731. The number of halogens is 1. The van der Waals surface area contributed by atoms with Gasteiger partial charge in [0.25, 0.3) is 0 Å². The molecule has 5 aromatic rings. The Balaban J connectivity index is 0.00000175. The minimum Gasteiger partial charge on any atom is -1.00 e. The molecule has 0 saturated heterocycles. The molecule has 3 heteroatoms. The van der Waals surface area contributed by atoms with Crippen LogP contribution in [0.3, 0.4) is 0 Å². The number of pyridine rings is 1. The van der Waals surface area contributed by atoms with Crippen molar-refractivity contribution in [3.8, 4) is 0 Å². The van der Waals surface area contributed by atoms with Crippen LogP contribution in [-0.2, 0) is 0 Å². The maximum absolute atomic E-state index is 2.63. The summed E-state index contributed by atoms with van der Waals surface area (Å²) in [5.41, 5.74) is 7.15. The molecule has 2 bridgehead atoms. The highest BCUT2D eigenvalue weighted by atomic mass is 79.9. The molecule has 0 saturated carbocycles. The molecule has 2 aliphatic heterocycles. The summed E-state index contributed by atoms with van der Waals surface area (Å²) in [7, 11) is 0. The SMILES string of the molecule is [Br-].c1ccc2c(c1)C1c3cccc[n+]3C2CC1n1c2ccccc2c2ccccc21. The van der Waals surface area contributed by atoms with Gasteiger partial charge in [0.2, 0.25) is 0 Å². The number of hydrogen-bond acceptors (Lipinski definition) is 0. The number of para-hydroxylation sites is 2. The fourth-order valence-electron chi connectivity index (χ4n) is 6.00. The Kier molecular flexibility index (Phi) is 3.91. The third-order valence-electron chi connectivity index (χ3n) is 7.07. The van der Waals surface area contributed by atoms with E-state index in [1.807, 2.05) is 0 Å². The number of benzene rings is 3. The first kappa shape index (κ1) is 17.9. The van der Waals surface area contributed by atoms with Crippen LogP contribution >= 0.6 is 0 Å². The Morgan fingerprint density at radius 3 is 2.00 bits per heavy atom. The smallest absolute Gasteiger partial charge is 0.191 e. The first-order valence-electron chi connectivity index (χ1n) is 10.5. The molecule has 0 amide bonds. The fourth-order valence-corrected chi connectivity index (χ4v) is 6.00. The Bertz CT molecular complexity index is 1320. The Labute approximate surface area is 186 Å². The molecule has 2 aromatic heterocycles. The van der Waals surface area contributed by atoms with Crippen LogP contribution in [0, 0.1) is 0 Å². The maximum atomic E-state index is 2.63. The highest BCUT2D eigenvalue weighted by molar-refractivity contribution is 6.08. The molecule has 0 fully saturated rings. The van der Waals surface area contributed by atoms with E-state index in [0.717, 1.165) is 6.42 Å². The summed E-state index contributed by atoms with van der Waals surface area (Å²) in [6, 6.07) is 34.4. The van der Waals surface area contributed by atoms with Crippen LogP contribution in [0.15, 0.2) is 97.2 Å². The third-order valence-corrected chi connectivity index (χ3v) is 7.07. The zero-order valence-electron chi connectivity index (χ0n) is 16.4. The second kappa shape index (κ2) is 6.55. The van der Waals surface area contributed by atoms with Gasteiger partial charge in [-0.2, -0.15) is 4.57 Å². The van der Waals surface area contributed by atoms with Crippen molar-refractivity contribution in [3.63, 3.8) is 0 Å². The summed E-state index contributed by atoms with van der Waals surface area (Å²) >= 11 is 0. The van der Waals surface area contributed by atoms with Crippen LogP contribution in [-0.4, -0.2) is 4.57 Å². The van der Waals surface area contributed by atoms with Crippen LogP contribution < -0.4 is 21.5 Å². The second-order valence-corrected chi connectivity index (χ2v) is 8.36. The van der Waals surface area contributed by atoms with Crippen LogP contribution in [0.2, 0.25) is 0 Å². The van der Waals surface area contributed by atoms with E-state index in [1.54, 1.807) is 0 Å². The van der Waals surface area contributed by atoms with E-state index in [0.29, 0.717) is 18.0 Å². The molecule has 0 radical (unpaired) electrons. The minimum absolute atomic E-state index is 0. The van der Waals surface area contributed by atoms with Crippen molar-refractivity contribution < 1.29 is 21.5 Å². The quantitative estimate of drug-likeness (QED) is 0.346. The second-order valence-electron chi connectivity index (χ2n) is 8.36. The molecule has 0 spiro atoms. The van der Waals surface area contributed by atoms with Crippen molar-refractivity contribution in [2.75, 3.05) is 0 Å². The minimum atomic E-state index is 0. The molecular formula is C27H21BrN2. The molecule has 3 aliphatic rings. The van der Waals surface area contributed by atoms with Gasteiger partial charge in [0.1, 0.15) is 0 Å². The fraction of sp³-hybridized carbons (Fsp3) is 0.148. The van der Waals surface area contributed by atoms with Crippen LogP contribution in [0.5, 0.6) is 0 Å². The summed E-state index contributed by atoms with van der Waals surface area (Å²) < 4.78 is 5.14. The third kappa shape index (κ3) is 2.21. The number of aromatic nitrogens is 2. The van der Waals surface area contributed by atoms with Crippen LogP contribution in [0.1, 0.15) is 41.2 Å². The van der Waals surface area contributed by atoms with E-state index in [-0.39, 0.29) is 17.0 Å². The summed E-state index contributed by atoms with van der Waals surface area (Å²) in [5.74, 6) is 0.372. The first-order chi connectivity index (χ1) is 14.4. The van der Waals surface area contributed by atoms with Gasteiger partial charge in [0, 0.05) is 45.9 Å². The van der Waals surface area contributed by atoms with Gasteiger partial charge >= 0.3 is 0 Å². The first-order valence-corrected chi connectivity index (χ1v) is 10.5. The molecule has 4 heterocycles. The van der Waals surface area contributed by atoms with Crippen molar-refractivity contribution in [1.82, 2.24) is 4.57 Å². The zero-order valence-corrected chi connectivity index (χ0v) is 18.0. The van der Waals surface area contributed by atoms with Crippen molar-refractivity contribution in [3.05, 3.63) is 114 Å². The topological polar surface area (TPSA) is 8.81 Å². The predicted octanol–water partition coefficient (Wildman–Crippen LogP) is 2.77. The van der Waals surface area contributed by atoms with Gasteiger partial charge in [-0.05, 0) is 17.7 Å². The molecular weight excluding hydrogens is 432 g/mol. The largest absolute Gasteiger partial charge is 1.00 e. The van der Waals surface area contributed by atoms with Gasteiger partial charge in [-0.3, -0.25) is 0 Å². The predicted molar refractivity (Wildman–Crippen MR) is 116 cm³/mol. The molecule has 8 rings (SSSR count). The van der Waals surface area contributed by atoms with Gasteiger partial charge in [-0.15, -0.1) is 0 Å². The maximum Gasteiger partial charge on any atom is 0.191 e. The van der Waals surface area contributed by atoms with E-state index < -0.39 is 0 Å². The van der Waals surface area contributed by atoms with E-state index >= 15 is 0 Å². The van der Waals surface area contributed by atoms with Crippen LogP contribution in [0.4, 0.5) is 0 Å². The molecule has 2 nitrogen and oxygen atoms in total. The molecule has 0 N–H and O–H groups in total. The molecule has 3 atom stereocenters. The van der Waals surface area contributed by atoms with Crippen molar-refractivity contribution >= 4 is 21.8 Å². The number of rotatable bonds is 1. The summed E-state index contributed by atoms with van der Waals surface area (Å²) in [4.78, 5) is 0. The molecule has 146 valence electrons. The van der Waals surface area contributed by atoms with Gasteiger partial charge in [0.15, 0.2) is 17.9 Å².